The van der Waals surface area contributed by atoms with Gasteiger partial charge in [0.05, 0.1) is 12.8 Å². The van der Waals surface area contributed by atoms with Crippen LogP contribution in [0.1, 0.15) is 0 Å². The van der Waals surface area contributed by atoms with Gasteiger partial charge in [-0.1, -0.05) is 65.1 Å². The lowest BCUT2D eigenvalue weighted by molar-refractivity contribution is 0.247. The molecule has 0 aliphatic heterocycles. The Kier molecular flexibility index (Phi) is 7.79. The second kappa shape index (κ2) is 9.85. The first-order valence-corrected chi connectivity index (χ1v) is 9.23. The Bertz CT molecular complexity index is 787. The normalized spacial score (nSPS) is 11.9. The van der Waals surface area contributed by atoms with E-state index in [2.05, 4.69) is 21.3 Å². The highest BCUT2D eigenvalue weighted by Crippen LogP contribution is 2.29. The fraction of sp³-hybridized carbons (Fsp3) is 0.176. The van der Waals surface area contributed by atoms with Gasteiger partial charge >= 0.3 is 6.03 Å². The van der Waals surface area contributed by atoms with Gasteiger partial charge in [0.1, 0.15) is 5.75 Å². The number of benzene rings is 2. The molecule has 0 aliphatic carbocycles. The first kappa shape index (κ1) is 21.4. The van der Waals surface area contributed by atoms with Crippen LogP contribution < -0.4 is 26.0 Å². The maximum atomic E-state index is 12.2. The minimum absolute atomic E-state index is 0.135. The fourth-order valence-electron chi connectivity index (χ4n) is 2.06. The second-order valence-corrected chi connectivity index (χ2v) is 8.02. The molecule has 2 amide bonds. The molecule has 2 aromatic carbocycles. The van der Waals surface area contributed by atoms with Crippen molar-refractivity contribution in [2.24, 2.45) is 0 Å². The van der Waals surface area contributed by atoms with Gasteiger partial charge in [0.2, 0.25) is 3.79 Å². The number of carbonyl (C=O) groups excluding carboxylic acids is 1. The van der Waals surface area contributed by atoms with E-state index in [-0.39, 0.29) is 5.11 Å². The highest BCUT2D eigenvalue weighted by Gasteiger charge is 2.34. The van der Waals surface area contributed by atoms with Crippen LogP contribution in [0.3, 0.4) is 0 Å². The van der Waals surface area contributed by atoms with Crippen molar-refractivity contribution in [3.8, 4) is 5.75 Å². The third kappa shape index (κ3) is 6.95. The van der Waals surface area contributed by atoms with Gasteiger partial charge in [0.15, 0.2) is 11.3 Å². The number of alkyl halides is 3. The van der Waals surface area contributed by atoms with Crippen molar-refractivity contribution in [3.05, 3.63) is 54.6 Å². The van der Waals surface area contributed by atoms with E-state index < -0.39 is 16.0 Å². The summed E-state index contributed by atoms with van der Waals surface area (Å²) in [4.78, 5) is 12.2. The van der Waals surface area contributed by atoms with Crippen molar-refractivity contribution in [1.29, 1.82) is 0 Å². The maximum Gasteiger partial charge on any atom is 0.320 e. The first-order chi connectivity index (χ1) is 12.8. The molecule has 0 spiro atoms. The first-order valence-electron chi connectivity index (χ1n) is 7.69. The number of halogens is 3. The summed E-state index contributed by atoms with van der Waals surface area (Å²) in [7, 11) is 1.54. The quantitative estimate of drug-likeness (QED) is 0.308. The summed E-state index contributed by atoms with van der Waals surface area (Å²) in [6, 6.07) is 15.5. The lowest BCUT2D eigenvalue weighted by atomic mass is 10.3. The van der Waals surface area contributed by atoms with Crippen molar-refractivity contribution in [3.63, 3.8) is 0 Å². The number of amides is 2. The summed E-state index contributed by atoms with van der Waals surface area (Å²) >= 11 is 23.1. The molecular formula is C17H17Cl3N4O2S. The Morgan fingerprint density at radius 3 is 2.26 bits per heavy atom. The molecular weight excluding hydrogens is 431 g/mol. The molecule has 0 radical (unpaired) electrons. The summed E-state index contributed by atoms with van der Waals surface area (Å²) < 4.78 is 3.38. The number of ether oxygens (including phenoxy) is 1. The Morgan fingerprint density at radius 2 is 1.63 bits per heavy atom. The van der Waals surface area contributed by atoms with Crippen LogP contribution in [0.4, 0.5) is 16.2 Å². The van der Waals surface area contributed by atoms with Crippen LogP contribution in [0.15, 0.2) is 54.6 Å². The van der Waals surface area contributed by atoms with Gasteiger partial charge in [-0.05, 0) is 36.5 Å². The number of methoxy groups -OCH3 is 1. The summed E-state index contributed by atoms with van der Waals surface area (Å²) in [5.41, 5.74) is 1.21. The Balaban J connectivity index is 2.01. The van der Waals surface area contributed by atoms with Crippen LogP contribution in [0.25, 0.3) is 0 Å². The van der Waals surface area contributed by atoms with Crippen molar-refractivity contribution in [2.75, 3.05) is 17.7 Å². The van der Waals surface area contributed by atoms with Gasteiger partial charge in [0, 0.05) is 5.69 Å². The van der Waals surface area contributed by atoms with E-state index in [9.17, 15) is 4.79 Å². The minimum atomic E-state index is -1.86. The van der Waals surface area contributed by atoms with E-state index in [4.69, 9.17) is 51.8 Å². The van der Waals surface area contributed by atoms with E-state index in [0.29, 0.717) is 17.1 Å². The Labute approximate surface area is 177 Å². The number of anilines is 2. The number of hydrogen-bond donors (Lipinski definition) is 4. The Morgan fingerprint density at radius 1 is 1.00 bits per heavy atom. The highest BCUT2D eigenvalue weighted by molar-refractivity contribution is 7.80. The largest absolute Gasteiger partial charge is 0.495 e. The van der Waals surface area contributed by atoms with Gasteiger partial charge in [-0.15, -0.1) is 0 Å². The van der Waals surface area contributed by atoms with Gasteiger partial charge < -0.3 is 26.0 Å². The molecule has 1 unspecified atom stereocenters. The van der Waals surface area contributed by atoms with E-state index >= 15 is 0 Å². The smallest absolute Gasteiger partial charge is 0.320 e. The van der Waals surface area contributed by atoms with Crippen molar-refractivity contribution in [1.82, 2.24) is 10.6 Å². The zero-order valence-electron chi connectivity index (χ0n) is 14.1. The molecule has 4 N–H and O–H groups in total. The van der Waals surface area contributed by atoms with Crippen LogP contribution >= 0.6 is 47.0 Å². The highest BCUT2D eigenvalue weighted by atomic mass is 35.6. The molecule has 2 rings (SSSR count). The number of para-hydroxylation sites is 3. The number of urea groups is 1. The topological polar surface area (TPSA) is 74.4 Å². The van der Waals surface area contributed by atoms with Crippen molar-refractivity contribution < 1.29 is 9.53 Å². The Hall–Kier alpha value is -1.93. The molecule has 0 aromatic heterocycles. The molecule has 10 heteroatoms. The molecule has 27 heavy (non-hydrogen) atoms. The number of rotatable bonds is 5. The van der Waals surface area contributed by atoms with E-state index in [1.165, 1.54) is 7.11 Å². The lowest BCUT2D eigenvalue weighted by Crippen LogP contribution is -2.57. The molecule has 0 saturated carbocycles. The van der Waals surface area contributed by atoms with Crippen LogP contribution in [0.2, 0.25) is 0 Å². The molecule has 144 valence electrons. The maximum absolute atomic E-state index is 12.2. The van der Waals surface area contributed by atoms with Gasteiger partial charge in [0.25, 0.3) is 0 Å². The summed E-state index contributed by atoms with van der Waals surface area (Å²) in [5.74, 6) is 0.585. The van der Waals surface area contributed by atoms with Gasteiger partial charge in [-0.25, -0.2) is 4.79 Å². The van der Waals surface area contributed by atoms with Crippen LogP contribution in [-0.4, -0.2) is 28.2 Å². The van der Waals surface area contributed by atoms with Crippen LogP contribution in [0.5, 0.6) is 5.75 Å². The SMILES string of the molecule is COc1ccccc1NC(=S)NC(NC(=O)Nc1ccccc1)C(Cl)(Cl)Cl. The predicted molar refractivity (Wildman–Crippen MR) is 115 cm³/mol. The van der Waals surface area contributed by atoms with E-state index in [0.717, 1.165) is 0 Å². The zero-order valence-corrected chi connectivity index (χ0v) is 17.2. The zero-order chi connectivity index (χ0) is 19.9. The van der Waals surface area contributed by atoms with E-state index in [1.54, 1.807) is 36.4 Å². The molecule has 6 nitrogen and oxygen atoms in total. The summed E-state index contributed by atoms with van der Waals surface area (Å²) in [5, 5.41) is 11.0. The van der Waals surface area contributed by atoms with Crippen molar-refractivity contribution in [2.45, 2.75) is 9.96 Å². The monoisotopic (exact) mass is 446 g/mol. The summed E-state index contributed by atoms with van der Waals surface area (Å²) in [6.45, 7) is 0. The minimum Gasteiger partial charge on any atom is -0.495 e. The predicted octanol–water partition coefficient (Wildman–Crippen LogP) is 4.50. The molecule has 0 aliphatic rings. The fourth-order valence-corrected chi connectivity index (χ4v) is 2.61. The number of hydrogen-bond acceptors (Lipinski definition) is 3. The average Bonchev–Trinajstić information content (AvgIpc) is 2.61. The third-order valence-electron chi connectivity index (χ3n) is 3.27. The van der Waals surface area contributed by atoms with Crippen molar-refractivity contribution >= 4 is 69.5 Å². The molecule has 1 atom stereocenters. The number of carbonyl (C=O) groups is 1. The molecule has 0 heterocycles. The average molecular weight is 448 g/mol. The molecule has 0 fully saturated rings. The molecule has 2 aromatic rings. The number of thiocarbonyl (C=S) groups is 1. The standard InChI is InChI=1S/C17H17Cl3N4O2S/c1-26-13-10-6-5-9-12(13)22-16(27)24-14(17(18,19)20)23-15(25)21-11-7-3-2-4-8-11/h2-10,14H,1H3,(H2,21,23,25)(H2,22,24,27). The second-order valence-electron chi connectivity index (χ2n) is 5.24. The number of nitrogens with one attached hydrogen (secondary N) is 4. The van der Waals surface area contributed by atoms with Crippen LogP contribution in [-0.2, 0) is 0 Å². The third-order valence-corrected chi connectivity index (χ3v) is 4.14. The lowest BCUT2D eigenvalue weighted by Gasteiger charge is -2.28. The van der Waals surface area contributed by atoms with Gasteiger partial charge in [-0.3, -0.25) is 0 Å². The van der Waals surface area contributed by atoms with Gasteiger partial charge in [-0.2, -0.15) is 0 Å². The molecule has 0 saturated heterocycles. The summed E-state index contributed by atoms with van der Waals surface area (Å²) in [6.07, 6.45) is -1.10. The van der Waals surface area contributed by atoms with Crippen LogP contribution in [0, 0.1) is 0 Å². The van der Waals surface area contributed by atoms with E-state index in [1.807, 2.05) is 18.2 Å². The molecule has 0 bridgehead atoms.